The van der Waals surface area contributed by atoms with Crippen molar-refractivity contribution in [2.45, 2.75) is 25.8 Å². The molecular weight excluding hydrogens is 230 g/mol. The molecule has 1 nitrogen and oxygen atoms in total. The van der Waals surface area contributed by atoms with E-state index >= 15 is 0 Å². The van der Waals surface area contributed by atoms with Gasteiger partial charge in [0.2, 0.25) is 0 Å². The number of rotatable bonds is 5. The normalized spacial score (nSPS) is 11.6. The highest BCUT2D eigenvalue weighted by molar-refractivity contribution is 5.54. The third-order valence-corrected chi connectivity index (χ3v) is 3.19. The number of hydrogen-bond donors (Lipinski definition) is 1. The zero-order valence-electron chi connectivity index (χ0n) is 11.3. The Morgan fingerprint density at radius 3 is 2.42 bits per heavy atom. The molecule has 2 aromatic rings. The molecule has 0 aliphatic heterocycles. The monoisotopic (exact) mass is 249 g/mol. The van der Waals surface area contributed by atoms with Gasteiger partial charge in [-0.15, -0.1) is 6.42 Å². The number of terminal acetylenes is 1. The molecule has 0 fully saturated rings. The molecule has 1 unspecified atom stereocenters. The summed E-state index contributed by atoms with van der Waals surface area (Å²) in [6.07, 6.45) is 7.37. The van der Waals surface area contributed by atoms with E-state index in [4.69, 9.17) is 6.42 Å². The topological polar surface area (TPSA) is 12.0 Å². The summed E-state index contributed by atoms with van der Waals surface area (Å²) < 4.78 is 0. The van der Waals surface area contributed by atoms with E-state index < -0.39 is 0 Å². The average Bonchev–Trinajstić information content (AvgIpc) is 2.47. The van der Waals surface area contributed by atoms with Crippen molar-refractivity contribution in [3.05, 3.63) is 65.7 Å². The Kier molecular flexibility index (Phi) is 4.64. The molecule has 19 heavy (non-hydrogen) atoms. The van der Waals surface area contributed by atoms with E-state index in [-0.39, 0.29) is 6.04 Å². The van der Waals surface area contributed by atoms with Crippen molar-refractivity contribution in [3.63, 3.8) is 0 Å². The molecule has 0 aliphatic rings. The lowest BCUT2D eigenvalue weighted by molar-refractivity contribution is 0.855. The van der Waals surface area contributed by atoms with E-state index in [1.165, 1.54) is 11.1 Å². The fourth-order valence-electron chi connectivity index (χ4n) is 2.08. The number of para-hydroxylation sites is 1. The highest BCUT2D eigenvalue weighted by Gasteiger charge is 2.06. The first-order chi connectivity index (χ1) is 9.33. The number of hydrogen-bond acceptors (Lipinski definition) is 1. The summed E-state index contributed by atoms with van der Waals surface area (Å²) in [5.41, 5.74) is 3.73. The molecule has 0 aromatic heterocycles. The van der Waals surface area contributed by atoms with Crippen molar-refractivity contribution in [1.29, 1.82) is 0 Å². The predicted molar refractivity (Wildman–Crippen MR) is 82.2 cm³/mol. The van der Waals surface area contributed by atoms with Crippen molar-refractivity contribution in [3.8, 4) is 12.3 Å². The minimum Gasteiger partial charge on any atom is -0.371 e. The van der Waals surface area contributed by atoms with E-state index in [9.17, 15) is 0 Å². The molecule has 1 N–H and O–H groups in total. The van der Waals surface area contributed by atoms with Gasteiger partial charge in [-0.1, -0.05) is 61.4 Å². The van der Waals surface area contributed by atoms with Crippen molar-refractivity contribution >= 4 is 5.69 Å². The van der Waals surface area contributed by atoms with E-state index in [2.05, 4.69) is 60.6 Å². The van der Waals surface area contributed by atoms with Crippen LogP contribution in [0.2, 0.25) is 0 Å². The van der Waals surface area contributed by atoms with Crippen LogP contribution in [0, 0.1) is 12.3 Å². The van der Waals surface area contributed by atoms with Crippen LogP contribution in [-0.4, -0.2) is 6.04 Å². The third-order valence-electron chi connectivity index (χ3n) is 3.19. The summed E-state index contributed by atoms with van der Waals surface area (Å²) in [6.45, 7) is 2.09. The first-order valence-electron chi connectivity index (χ1n) is 6.68. The number of nitrogens with one attached hydrogen (secondary N) is 1. The van der Waals surface area contributed by atoms with Crippen molar-refractivity contribution in [1.82, 2.24) is 0 Å². The first kappa shape index (κ1) is 13.2. The van der Waals surface area contributed by atoms with Gasteiger partial charge in [0.1, 0.15) is 0 Å². The van der Waals surface area contributed by atoms with Crippen LogP contribution in [0.15, 0.2) is 54.6 Å². The molecule has 0 amide bonds. The molecular formula is C18H19N. The second kappa shape index (κ2) is 6.66. The van der Waals surface area contributed by atoms with E-state index in [1.807, 2.05) is 12.1 Å². The molecule has 96 valence electrons. The summed E-state index contributed by atoms with van der Waals surface area (Å²) in [6, 6.07) is 18.9. The van der Waals surface area contributed by atoms with Gasteiger partial charge in [0, 0.05) is 5.69 Å². The van der Waals surface area contributed by atoms with Crippen molar-refractivity contribution < 1.29 is 0 Å². The van der Waals surface area contributed by atoms with Gasteiger partial charge in [0.25, 0.3) is 0 Å². The molecule has 0 bridgehead atoms. The van der Waals surface area contributed by atoms with Crippen molar-refractivity contribution in [2.75, 3.05) is 5.32 Å². The second-order valence-corrected chi connectivity index (χ2v) is 4.59. The first-order valence-corrected chi connectivity index (χ1v) is 6.68. The molecule has 0 saturated carbocycles. The Labute approximate surface area is 115 Å². The SMILES string of the molecule is C#CC(CC)Nc1ccccc1Cc1ccccc1. The smallest absolute Gasteiger partial charge is 0.0871 e. The van der Waals surface area contributed by atoms with Gasteiger partial charge in [-0.25, -0.2) is 0 Å². The molecule has 0 saturated heterocycles. The van der Waals surface area contributed by atoms with Crippen LogP contribution in [0.1, 0.15) is 24.5 Å². The summed E-state index contributed by atoms with van der Waals surface area (Å²) in [5, 5.41) is 3.43. The van der Waals surface area contributed by atoms with Crippen LogP contribution in [0.4, 0.5) is 5.69 Å². The Morgan fingerprint density at radius 1 is 1.05 bits per heavy atom. The molecule has 0 radical (unpaired) electrons. The zero-order valence-corrected chi connectivity index (χ0v) is 11.3. The van der Waals surface area contributed by atoms with Gasteiger partial charge in [-0.2, -0.15) is 0 Å². The van der Waals surface area contributed by atoms with Gasteiger partial charge in [0.05, 0.1) is 6.04 Å². The van der Waals surface area contributed by atoms with Crippen LogP contribution >= 0.6 is 0 Å². The number of anilines is 1. The fourth-order valence-corrected chi connectivity index (χ4v) is 2.08. The Balaban J connectivity index is 2.19. The quantitative estimate of drug-likeness (QED) is 0.787. The van der Waals surface area contributed by atoms with E-state index in [0.717, 1.165) is 18.5 Å². The van der Waals surface area contributed by atoms with Gasteiger partial charge in [-0.3, -0.25) is 0 Å². The standard InChI is InChI=1S/C18H19N/c1-3-17(4-2)19-18-13-9-8-12-16(18)14-15-10-6-5-7-11-15/h1,5-13,17,19H,4,14H2,2H3. The molecule has 1 heteroatoms. The minimum atomic E-state index is 0.0944. The van der Waals surface area contributed by atoms with Crippen molar-refractivity contribution in [2.24, 2.45) is 0 Å². The lowest BCUT2D eigenvalue weighted by Crippen LogP contribution is -2.16. The predicted octanol–water partition coefficient (Wildman–Crippen LogP) is 4.10. The van der Waals surface area contributed by atoms with Gasteiger partial charge in [-0.05, 0) is 30.0 Å². The summed E-state index contributed by atoms with van der Waals surface area (Å²) in [7, 11) is 0. The third kappa shape index (κ3) is 3.63. The second-order valence-electron chi connectivity index (χ2n) is 4.59. The van der Waals surface area contributed by atoms with Crippen LogP contribution in [0.3, 0.4) is 0 Å². The Hall–Kier alpha value is -2.20. The zero-order chi connectivity index (χ0) is 13.5. The van der Waals surface area contributed by atoms with Gasteiger partial charge in [0.15, 0.2) is 0 Å². The largest absolute Gasteiger partial charge is 0.371 e. The lowest BCUT2D eigenvalue weighted by Gasteiger charge is -2.16. The summed E-state index contributed by atoms with van der Waals surface area (Å²) >= 11 is 0. The molecule has 0 heterocycles. The van der Waals surface area contributed by atoms with Crippen LogP contribution in [0.5, 0.6) is 0 Å². The van der Waals surface area contributed by atoms with Crippen LogP contribution in [0.25, 0.3) is 0 Å². The maximum absolute atomic E-state index is 5.52. The van der Waals surface area contributed by atoms with E-state index in [1.54, 1.807) is 0 Å². The van der Waals surface area contributed by atoms with Crippen LogP contribution < -0.4 is 5.32 Å². The summed E-state index contributed by atoms with van der Waals surface area (Å²) in [5.74, 6) is 2.78. The van der Waals surface area contributed by atoms with Gasteiger partial charge < -0.3 is 5.32 Å². The number of benzene rings is 2. The maximum Gasteiger partial charge on any atom is 0.0871 e. The van der Waals surface area contributed by atoms with Gasteiger partial charge >= 0.3 is 0 Å². The molecule has 2 rings (SSSR count). The molecule has 0 spiro atoms. The average molecular weight is 249 g/mol. The summed E-state index contributed by atoms with van der Waals surface area (Å²) in [4.78, 5) is 0. The molecule has 0 aliphatic carbocycles. The highest BCUT2D eigenvalue weighted by atomic mass is 14.9. The fraction of sp³-hybridized carbons (Fsp3) is 0.222. The highest BCUT2D eigenvalue weighted by Crippen LogP contribution is 2.20. The lowest BCUT2D eigenvalue weighted by atomic mass is 10.0. The molecule has 1 atom stereocenters. The maximum atomic E-state index is 5.52. The Morgan fingerprint density at radius 2 is 1.74 bits per heavy atom. The minimum absolute atomic E-state index is 0.0944. The molecule has 2 aromatic carbocycles. The van der Waals surface area contributed by atoms with E-state index in [0.29, 0.717) is 0 Å². The Bertz CT molecular complexity index is 551. The van der Waals surface area contributed by atoms with Crippen LogP contribution in [-0.2, 0) is 6.42 Å².